The van der Waals surface area contributed by atoms with Gasteiger partial charge < -0.3 is 4.74 Å². The van der Waals surface area contributed by atoms with Crippen LogP contribution in [-0.2, 0) is 4.74 Å². The van der Waals surface area contributed by atoms with Crippen molar-refractivity contribution < 1.29 is 4.74 Å². The maximum absolute atomic E-state index is 6.20. The quantitative estimate of drug-likeness (QED) is 0.719. The molecule has 0 aliphatic carbocycles. The van der Waals surface area contributed by atoms with Crippen molar-refractivity contribution in [2.75, 3.05) is 0 Å². The normalized spacial score (nSPS) is 42.2. The molecule has 0 N–H and O–H groups in total. The Morgan fingerprint density at radius 2 is 1.67 bits per heavy atom. The first-order valence-corrected chi connectivity index (χ1v) is 7.22. The monoisotopic (exact) mass is 230 g/mol. The van der Waals surface area contributed by atoms with Gasteiger partial charge in [-0.05, 0) is 24.2 Å². The number of hydrogen-bond donors (Lipinski definition) is 0. The van der Waals surface area contributed by atoms with Crippen LogP contribution in [0, 0.1) is 17.8 Å². The molecule has 15 heavy (non-hydrogen) atoms. The summed E-state index contributed by atoms with van der Waals surface area (Å²) in [6, 6.07) is 0. The molecule has 1 nitrogen and oxygen atoms in total. The third kappa shape index (κ3) is 3.13. The molecular formula is C13H26OS. The topological polar surface area (TPSA) is 9.23 Å². The fraction of sp³-hybridized carbons (Fsp3) is 1.00. The number of hydrogen-bond acceptors (Lipinski definition) is 2. The van der Waals surface area contributed by atoms with Gasteiger partial charge in [-0.1, -0.05) is 41.5 Å². The van der Waals surface area contributed by atoms with Crippen LogP contribution in [0.25, 0.3) is 0 Å². The maximum atomic E-state index is 6.20. The van der Waals surface area contributed by atoms with E-state index in [9.17, 15) is 0 Å². The molecule has 1 rings (SSSR count). The predicted molar refractivity (Wildman–Crippen MR) is 69.2 cm³/mol. The highest BCUT2D eigenvalue weighted by Gasteiger charge is 2.38. The molecule has 0 aromatic rings. The van der Waals surface area contributed by atoms with E-state index < -0.39 is 0 Å². The van der Waals surface area contributed by atoms with E-state index in [0.717, 1.165) is 12.3 Å². The van der Waals surface area contributed by atoms with E-state index in [4.69, 9.17) is 4.74 Å². The van der Waals surface area contributed by atoms with Crippen LogP contribution in [0.1, 0.15) is 48.0 Å². The van der Waals surface area contributed by atoms with Gasteiger partial charge in [-0.15, -0.1) is 11.8 Å². The van der Waals surface area contributed by atoms with Gasteiger partial charge >= 0.3 is 0 Å². The molecule has 2 heteroatoms. The molecule has 1 saturated heterocycles. The lowest BCUT2D eigenvalue weighted by Crippen LogP contribution is -2.43. The molecule has 0 saturated carbocycles. The summed E-state index contributed by atoms with van der Waals surface area (Å²) >= 11 is 1.99. The van der Waals surface area contributed by atoms with Gasteiger partial charge in [-0.2, -0.15) is 0 Å². The van der Waals surface area contributed by atoms with Crippen molar-refractivity contribution in [2.45, 2.75) is 64.8 Å². The van der Waals surface area contributed by atoms with E-state index in [1.165, 1.54) is 0 Å². The van der Waals surface area contributed by atoms with Crippen LogP contribution in [0.15, 0.2) is 0 Å². The molecule has 90 valence electrons. The van der Waals surface area contributed by atoms with E-state index >= 15 is 0 Å². The van der Waals surface area contributed by atoms with E-state index in [1.54, 1.807) is 0 Å². The molecule has 1 aliphatic heterocycles. The summed E-state index contributed by atoms with van der Waals surface area (Å²) in [5.74, 6) is 2.16. The SMILES string of the molecule is CCC1O[C@H](SC(C)C)[C@H](C)C(C)[C@H]1C. The fourth-order valence-corrected chi connectivity index (χ4v) is 3.62. The highest BCUT2D eigenvalue weighted by molar-refractivity contribution is 8.00. The second-order valence-corrected chi connectivity index (χ2v) is 6.89. The van der Waals surface area contributed by atoms with Gasteiger partial charge in [0.25, 0.3) is 0 Å². The first-order chi connectivity index (χ1) is 6.97. The molecule has 2 unspecified atom stereocenters. The average Bonchev–Trinajstić information content (AvgIpc) is 2.18. The lowest BCUT2D eigenvalue weighted by Gasteiger charge is -2.43. The van der Waals surface area contributed by atoms with Crippen LogP contribution in [0.5, 0.6) is 0 Å². The van der Waals surface area contributed by atoms with E-state index in [0.29, 0.717) is 28.6 Å². The molecule has 0 aromatic carbocycles. The largest absolute Gasteiger partial charge is 0.364 e. The number of thioether (sulfide) groups is 1. The van der Waals surface area contributed by atoms with Crippen molar-refractivity contribution in [3.8, 4) is 0 Å². The fourth-order valence-electron chi connectivity index (χ4n) is 2.38. The maximum Gasteiger partial charge on any atom is 0.106 e. The Hall–Kier alpha value is 0.310. The molecule has 1 aliphatic rings. The average molecular weight is 230 g/mol. The summed E-state index contributed by atoms with van der Waals surface area (Å²) in [6.45, 7) is 13.8. The summed E-state index contributed by atoms with van der Waals surface area (Å²) in [4.78, 5) is 0. The molecule has 0 bridgehead atoms. The molecule has 1 fully saturated rings. The van der Waals surface area contributed by atoms with Gasteiger partial charge in [0.1, 0.15) is 5.44 Å². The van der Waals surface area contributed by atoms with Gasteiger partial charge in [0.2, 0.25) is 0 Å². The third-order valence-corrected chi connectivity index (χ3v) is 5.14. The lowest BCUT2D eigenvalue weighted by atomic mass is 9.79. The van der Waals surface area contributed by atoms with E-state index in [1.807, 2.05) is 11.8 Å². The van der Waals surface area contributed by atoms with Gasteiger partial charge in [0.05, 0.1) is 6.10 Å². The standard InChI is InChI=1S/C13H26OS/c1-7-12-10(5)9(4)11(6)13(14-12)15-8(2)3/h8-13H,7H2,1-6H3/t9?,10-,11-,12?,13-/m1/s1. The van der Waals surface area contributed by atoms with Crippen LogP contribution in [0.4, 0.5) is 0 Å². The Balaban J connectivity index is 2.65. The van der Waals surface area contributed by atoms with Gasteiger partial charge in [-0.3, -0.25) is 0 Å². The summed E-state index contributed by atoms with van der Waals surface area (Å²) in [5, 5.41) is 0.663. The predicted octanol–water partition coefficient (Wildman–Crippen LogP) is 4.17. The molecule has 1 heterocycles. The van der Waals surface area contributed by atoms with Crippen LogP contribution in [0.2, 0.25) is 0 Å². The Morgan fingerprint density at radius 3 is 2.13 bits per heavy atom. The van der Waals surface area contributed by atoms with Crippen molar-refractivity contribution in [1.29, 1.82) is 0 Å². The van der Waals surface area contributed by atoms with Crippen LogP contribution in [-0.4, -0.2) is 16.8 Å². The van der Waals surface area contributed by atoms with Crippen molar-refractivity contribution in [3.05, 3.63) is 0 Å². The first kappa shape index (κ1) is 13.4. The highest BCUT2D eigenvalue weighted by atomic mass is 32.2. The summed E-state index contributed by atoms with van der Waals surface area (Å²) in [5.41, 5.74) is 0.404. The zero-order valence-electron chi connectivity index (χ0n) is 11.0. The first-order valence-electron chi connectivity index (χ1n) is 6.28. The minimum absolute atomic E-state index is 0.404. The molecular weight excluding hydrogens is 204 g/mol. The van der Waals surface area contributed by atoms with Crippen molar-refractivity contribution in [1.82, 2.24) is 0 Å². The number of rotatable bonds is 3. The Labute approximate surface area is 99.3 Å². The minimum atomic E-state index is 0.404. The Kier molecular flexibility index (Phi) is 4.98. The Bertz CT molecular complexity index is 191. The second kappa shape index (κ2) is 5.58. The highest BCUT2D eigenvalue weighted by Crippen LogP contribution is 2.41. The van der Waals surface area contributed by atoms with Gasteiger partial charge in [-0.25, -0.2) is 0 Å². The number of ether oxygens (including phenoxy) is 1. The van der Waals surface area contributed by atoms with Crippen molar-refractivity contribution >= 4 is 11.8 Å². The summed E-state index contributed by atoms with van der Waals surface area (Å²) < 4.78 is 6.20. The van der Waals surface area contributed by atoms with Crippen LogP contribution < -0.4 is 0 Å². The van der Waals surface area contributed by atoms with E-state index in [-0.39, 0.29) is 0 Å². The third-order valence-electron chi connectivity index (χ3n) is 3.79. The van der Waals surface area contributed by atoms with Crippen LogP contribution in [0.3, 0.4) is 0 Å². The van der Waals surface area contributed by atoms with Crippen molar-refractivity contribution in [2.24, 2.45) is 17.8 Å². The van der Waals surface area contributed by atoms with Gasteiger partial charge in [0, 0.05) is 5.25 Å². The summed E-state index contributed by atoms with van der Waals surface area (Å²) in [7, 11) is 0. The smallest absolute Gasteiger partial charge is 0.106 e. The van der Waals surface area contributed by atoms with Crippen molar-refractivity contribution in [3.63, 3.8) is 0 Å². The summed E-state index contributed by atoms with van der Waals surface area (Å²) in [6.07, 6.45) is 1.61. The Morgan fingerprint density at radius 1 is 1.07 bits per heavy atom. The zero-order chi connectivity index (χ0) is 11.6. The second-order valence-electron chi connectivity index (χ2n) is 5.21. The molecule has 0 radical (unpaired) electrons. The van der Waals surface area contributed by atoms with Crippen LogP contribution >= 0.6 is 11.8 Å². The lowest BCUT2D eigenvalue weighted by molar-refractivity contribution is -0.0946. The van der Waals surface area contributed by atoms with Gasteiger partial charge in [0.15, 0.2) is 0 Å². The zero-order valence-corrected chi connectivity index (χ0v) is 11.8. The van der Waals surface area contributed by atoms with E-state index in [2.05, 4.69) is 41.5 Å². The molecule has 0 aromatic heterocycles. The molecule has 0 spiro atoms. The minimum Gasteiger partial charge on any atom is -0.364 e. The molecule has 5 atom stereocenters. The molecule has 0 amide bonds.